The van der Waals surface area contributed by atoms with Crippen LogP contribution in [0.3, 0.4) is 0 Å². The molecule has 1 aliphatic heterocycles. The smallest absolute Gasteiger partial charge is 0.118 e. The van der Waals surface area contributed by atoms with Gasteiger partial charge in [-0.05, 0) is 50.6 Å². The fraction of sp³-hybridized carbons (Fsp3) is 0.600. The predicted octanol–water partition coefficient (Wildman–Crippen LogP) is 2.34. The number of benzene rings is 1. The van der Waals surface area contributed by atoms with Crippen molar-refractivity contribution in [1.82, 2.24) is 10.2 Å². The highest BCUT2D eigenvalue weighted by molar-refractivity contribution is 5.85. The Morgan fingerprint density at radius 1 is 1.32 bits per heavy atom. The Bertz CT molecular complexity index is 356. The van der Waals surface area contributed by atoms with Gasteiger partial charge >= 0.3 is 0 Å². The zero-order chi connectivity index (χ0) is 12.8. The van der Waals surface area contributed by atoms with Gasteiger partial charge in [-0.2, -0.15) is 0 Å². The molecular weight excluding hydrogens is 260 g/mol. The molecule has 0 aliphatic carbocycles. The zero-order valence-electron chi connectivity index (χ0n) is 11.9. The summed E-state index contributed by atoms with van der Waals surface area (Å²) in [6.45, 7) is 3.53. The molecule has 19 heavy (non-hydrogen) atoms. The van der Waals surface area contributed by atoms with Gasteiger partial charge in [0.2, 0.25) is 0 Å². The molecule has 1 fully saturated rings. The molecule has 0 spiro atoms. The normalized spacial score (nSPS) is 19.2. The number of likely N-dealkylation sites (N-methyl/N-ethyl adjacent to an activating group) is 1. The summed E-state index contributed by atoms with van der Waals surface area (Å²) in [4.78, 5) is 2.61. The van der Waals surface area contributed by atoms with Crippen LogP contribution in [0.4, 0.5) is 0 Å². The summed E-state index contributed by atoms with van der Waals surface area (Å²) in [5, 5.41) is 3.29. The average Bonchev–Trinajstić information content (AvgIpc) is 2.85. The molecule has 1 unspecified atom stereocenters. The van der Waals surface area contributed by atoms with E-state index >= 15 is 0 Å². The first-order valence-corrected chi connectivity index (χ1v) is 6.85. The van der Waals surface area contributed by atoms with Gasteiger partial charge in [0.05, 0.1) is 7.11 Å². The molecule has 108 valence electrons. The molecule has 0 amide bonds. The maximum atomic E-state index is 5.18. The molecule has 1 aliphatic rings. The van der Waals surface area contributed by atoms with Gasteiger partial charge in [0.15, 0.2) is 0 Å². The summed E-state index contributed by atoms with van der Waals surface area (Å²) >= 11 is 0. The van der Waals surface area contributed by atoms with Crippen molar-refractivity contribution in [1.29, 1.82) is 0 Å². The molecule has 0 radical (unpaired) electrons. The first-order valence-electron chi connectivity index (χ1n) is 6.85. The Morgan fingerprint density at radius 2 is 2.05 bits per heavy atom. The van der Waals surface area contributed by atoms with Crippen molar-refractivity contribution in [3.8, 4) is 5.75 Å². The summed E-state index contributed by atoms with van der Waals surface area (Å²) < 4.78 is 5.18. The van der Waals surface area contributed by atoms with E-state index in [1.807, 2.05) is 19.2 Å². The van der Waals surface area contributed by atoms with Crippen molar-refractivity contribution >= 4 is 12.4 Å². The number of methoxy groups -OCH3 is 1. The fourth-order valence-corrected chi connectivity index (χ4v) is 2.72. The monoisotopic (exact) mass is 284 g/mol. The van der Waals surface area contributed by atoms with Crippen LogP contribution in [0.2, 0.25) is 0 Å². The van der Waals surface area contributed by atoms with Crippen LogP contribution in [0.1, 0.15) is 18.4 Å². The molecule has 2 rings (SSSR count). The second kappa shape index (κ2) is 8.41. The molecule has 0 bridgehead atoms. The highest BCUT2D eigenvalue weighted by Gasteiger charge is 2.22. The van der Waals surface area contributed by atoms with E-state index in [-0.39, 0.29) is 12.4 Å². The van der Waals surface area contributed by atoms with Crippen molar-refractivity contribution in [2.45, 2.75) is 25.3 Å². The maximum absolute atomic E-state index is 5.18. The van der Waals surface area contributed by atoms with E-state index in [1.54, 1.807) is 7.11 Å². The fourth-order valence-electron chi connectivity index (χ4n) is 2.72. The molecule has 4 heteroatoms. The molecule has 1 heterocycles. The van der Waals surface area contributed by atoms with E-state index in [0.29, 0.717) is 0 Å². The van der Waals surface area contributed by atoms with Gasteiger partial charge in [-0.1, -0.05) is 12.1 Å². The number of halogens is 1. The third-order valence-electron chi connectivity index (χ3n) is 3.79. The minimum Gasteiger partial charge on any atom is -0.497 e. The van der Waals surface area contributed by atoms with Gasteiger partial charge < -0.3 is 10.1 Å². The van der Waals surface area contributed by atoms with E-state index in [2.05, 4.69) is 22.3 Å². The highest BCUT2D eigenvalue weighted by atomic mass is 35.5. The van der Waals surface area contributed by atoms with E-state index in [0.717, 1.165) is 24.8 Å². The lowest BCUT2D eigenvalue weighted by Gasteiger charge is -2.24. The Hall–Kier alpha value is -0.770. The summed E-state index contributed by atoms with van der Waals surface area (Å²) in [6, 6.07) is 9.16. The molecule has 1 aromatic carbocycles. The highest BCUT2D eigenvalue weighted by Crippen LogP contribution is 2.18. The summed E-state index contributed by atoms with van der Waals surface area (Å²) in [5.41, 5.74) is 1.39. The number of nitrogens with one attached hydrogen (secondary N) is 1. The number of ether oxygens (including phenoxy) is 1. The van der Waals surface area contributed by atoms with Gasteiger partial charge in [0.25, 0.3) is 0 Å². The average molecular weight is 285 g/mol. The number of nitrogens with zero attached hydrogens (tertiary/aromatic N) is 1. The van der Waals surface area contributed by atoms with Crippen LogP contribution in [-0.4, -0.2) is 44.7 Å². The molecule has 1 saturated heterocycles. The third-order valence-corrected chi connectivity index (χ3v) is 3.79. The molecule has 1 atom stereocenters. The van der Waals surface area contributed by atoms with E-state index in [1.165, 1.54) is 31.5 Å². The van der Waals surface area contributed by atoms with Crippen LogP contribution in [0.15, 0.2) is 24.3 Å². The molecular formula is C15H25ClN2O. The number of likely N-dealkylation sites (tertiary alicyclic amines) is 1. The Morgan fingerprint density at radius 3 is 2.68 bits per heavy atom. The number of hydrogen-bond donors (Lipinski definition) is 1. The van der Waals surface area contributed by atoms with Gasteiger partial charge in [-0.25, -0.2) is 0 Å². The van der Waals surface area contributed by atoms with Crippen LogP contribution >= 0.6 is 12.4 Å². The van der Waals surface area contributed by atoms with Gasteiger partial charge in [-0.3, -0.25) is 4.90 Å². The van der Waals surface area contributed by atoms with Crippen molar-refractivity contribution in [3.05, 3.63) is 29.8 Å². The summed E-state index contributed by atoms with van der Waals surface area (Å²) in [6.07, 6.45) is 3.81. The number of rotatable bonds is 6. The molecule has 0 aromatic heterocycles. The van der Waals surface area contributed by atoms with Crippen LogP contribution in [0.25, 0.3) is 0 Å². The van der Waals surface area contributed by atoms with Crippen molar-refractivity contribution in [2.24, 2.45) is 0 Å². The van der Waals surface area contributed by atoms with E-state index < -0.39 is 0 Å². The standard InChI is InChI=1S/C15H24N2O.ClH/c1-16-12-14-4-3-10-17(14)11-9-13-5-7-15(18-2)8-6-13;/h5-8,14,16H,3-4,9-12H2,1-2H3;1H. The molecule has 1 aromatic rings. The molecule has 3 nitrogen and oxygen atoms in total. The maximum Gasteiger partial charge on any atom is 0.118 e. The van der Waals surface area contributed by atoms with Crippen LogP contribution in [-0.2, 0) is 6.42 Å². The van der Waals surface area contributed by atoms with Crippen LogP contribution in [0.5, 0.6) is 5.75 Å². The first kappa shape index (κ1) is 16.3. The van der Waals surface area contributed by atoms with Crippen LogP contribution in [0, 0.1) is 0 Å². The second-order valence-electron chi connectivity index (χ2n) is 4.99. The van der Waals surface area contributed by atoms with E-state index in [4.69, 9.17) is 4.74 Å². The Labute approximate surface area is 122 Å². The predicted molar refractivity (Wildman–Crippen MR) is 82.5 cm³/mol. The van der Waals surface area contributed by atoms with Gasteiger partial charge in [0, 0.05) is 19.1 Å². The Kier molecular flexibility index (Phi) is 7.21. The third kappa shape index (κ3) is 4.68. The summed E-state index contributed by atoms with van der Waals surface area (Å²) in [5.74, 6) is 0.938. The minimum absolute atomic E-state index is 0. The Balaban J connectivity index is 0.00000180. The van der Waals surface area contributed by atoms with Gasteiger partial charge in [-0.15, -0.1) is 12.4 Å². The lowest BCUT2D eigenvalue weighted by Crippen LogP contribution is -2.37. The number of hydrogen-bond acceptors (Lipinski definition) is 3. The lowest BCUT2D eigenvalue weighted by atomic mass is 10.1. The molecule has 1 N–H and O–H groups in total. The summed E-state index contributed by atoms with van der Waals surface area (Å²) in [7, 11) is 3.75. The molecule has 0 saturated carbocycles. The van der Waals surface area contributed by atoms with Crippen molar-refractivity contribution in [2.75, 3.05) is 33.8 Å². The SMILES string of the molecule is CNCC1CCCN1CCc1ccc(OC)cc1.Cl. The first-order chi connectivity index (χ1) is 8.83. The minimum atomic E-state index is 0. The lowest BCUT2D eigenvalue weighted by molar-refractivity contribution is 0.253. The zero-order valence-corrected chi connectivity index (χ0v) is 12.7. The topological polar surface area (TPSA) is 24.5 Å². The largest absolute Gasteiger partial charge is 0.497 e. The van der Waals surface area contributed by atoms with E-state index in [9.17, 15) is 0 Å². The van der Waals surface area contributed by atoms with Crippen LogP contribution < -0.4 is 10.1 Å². The quantitative estimate of drug-likeness (QED) is 0.868. The van der Waals surface area contributed by atoms with Gasteiger partial charge in [0.1, 0.15) is 5.75 Å². The van der Waals surface area contributed by atoms with Crippen molar-refractivity contribution in [3.63, 3.8) is 0 Å². The second-order valence-corrected chi connectivity index (χ2v) is 4.99. The van der Waals surface area contributed by atoms with Crippen molar-refractivity contribution < 1.29 is 4.74 Å².